The van der Waals surface area contributed by atoms with Crippen LogP contribution in [0, 0.1) is 5.92 Å². The SMILES string of the molecule is CCS(=O)(=O)c1cccc(CC(C)C(N)=S)c1. The highest BCUT2D eigenvalue weighted by atomic mass is 32.2. The predicted octanol–water partition coefficient (Wildman–Crippen LogP) is 1.94. The van der Waals surface area contributed by atoms with Crippen LogP contribution in [0.5, 0.6) is 0 Å². The standard InChI is InChI=1S/C12H17NO2S2/c1-3-17(14,15)11-6-4-5-10(8-11)7-9(2)12(13)16/h4-6,8-9H,3,7H2,1-2H3,(H2,13,16). The van der Waals surface area contributed by atoms with Crippen molar-refractivity contribution in [1.29, 1.82) is 0 Å². The van der Waals surface area contributed by atoms with Crippen molar-refractivity contribution in [2.24, 2.45) is 11.7 Å². The van der Waals surface area contributed by atoms with Gasteiger partial charge in [-0.05, 0) is 24.1 Å². The Kier molecular flexibility index (Phi) is 4.65. The maximum atomic E-state index is 11.7. The molecule has 3 nitrogen and oxygen atoms in total. The number of benzene rings is 1. The second-order valence-corrected chi connectivity index (χ2v) is 6.81. The Morgan fingerprint density at radius 2 is 2.12 bits per heavy atom. The molecule has 1 rings (SSSR count). The van der Waals surface area contributed by atoms with E-state index in [1.165, 1.54) is 0 Å². The van der Waals surface area contributed by atoms with Crippen molar-refractivity contribution in [3.8, 4) is 0 Å². The highest BCUT2D eigenvalue weighted by Crippen LogP contribution is 2.16. The molecule has 5 heteroatoms. The van der Waals surface area contributed by atoms with Gasteiger partial charge in [0.25, 0.3) is 0 Å². The summed E-state index contributed by atoms with van der Waals surface area (Å²) in [5.41, 5.74) is 6.49. The Morgan fingerprint density at radius 3 is 2.65 bits per heavy atom. The maximum absolute atomic E-state index is 11.7. The van der Waals surface area contributed by atoms with Crippen molar-refractivity contribution in [1.82, 2.24) is 0 Å². The minimum atomic E-state index is -3.14. The monoisotopic (exact) mass is 271 g/mol. The third kappa shape index (κ3) is 3.78. The van der Waals surface area contributed by atoms with Gasteiger partial charge in [-0.15, -0.1) is 0 Å². The third-order valence-electron chi connectivity index (χ3n) is 2.67. The number of hydrogen-bond donors (Lipinski definition) is 1. The zero-order valence-corrected chi connectivity index (χ0v) is 11.6. The normalized spacial score (nSPS) is 13.3. The van der Waals surface area contributed by atoms with E-state index in [-0.39, 0.29) is 11.7 Å². The van der Waals surface area contributed by atoms with Gasteiger partial charge in [0.15, 0.2) is 9.84 Å². The summed E-state index contributed by atoms with van der Waals surface area (Å²) < 4.78 is 23.4. The van der Waals surface area contributed by atoms with Crippen LogP contribution in [0.1, 0.15) is 19.4 Å². The van der Waals surface area contributed by atoms with Crippen LogP contribution in [-0.4, -0.2) is 19.2 Å². The predicted molar refractivity (Wildman–Crippen MR) is 73.8 cm³/mol. The van der Waals surface area contributed by atoms with Crippen LogP contribution >= 0.6 is 12.2 Å². The van der Waals surface area contributed by atoms with Crippen LogP contribution in [0.3, 0.4) is 0 Å². The van der Waals surface area contributed by atoms with E-state index in [1.54, 1.807) is 25.1 Å². The molecule has 0 aromatic heterocycles. The minimum absolute atomic E-state index is 0.0737. The highest BCUT2D eigenvalue weighted by molar-refractivity contribution is 7.91. The van der Waals surface area contributed by atoms with E-state index in [0.29, 0.717) is 16.3 Å². The molecule has 1 aromatic rings. The third-order valence-corrected chi connectivity index (χ3v) is 4.80. The van der Waals surface area contributed by atoms with Gasteiger partial charge in [0.2, 0.25) is 0 Å². The Bertz CT molecular complexity index is 509. The fourth-order valence-electron chi connectivity index (χ4n) is 1.49. The fraction of sp³-hybridized carbons (Fsp3) is 0.417. The van der Waals surface area contributed by atoms with Crippen molar-refractivity contribution in [2.45, 2.75) is 25.2 Å². The van der Waals surface area contributed by atoms with Crippen LogP contribution in [0.2, 0.25) is 0 Å². The summed E-state index contributed by atoms with van der Waals surface area (Å²) in [4.78, 5) is 0.821. The average molecular weight is 271 g/mol. The molecule has 1 atom stereocenters. The summed E-state index contributed by atoms with van der Waals surface area (Å²) in [6.07, 6.45) is 0.669. The molecule has 0 spiro atoms. The molecule has 0 heterocycles. The van der Waals surface area contributed by atoms with Gasteiger partial charge in [-0.25, -0.2) is 8.42 Å². The van der Waals surface area contributed by atoms with Crippen LogP contribution in [0.15, 0.2) is 29.2 Å². The van der Waals surface area contributed by atoms with E-state index in [1.807, 2.05) is 13.0 Å². The summed E-state index contributed by atoms with van der Waals surface area (Å²) in [5, 5.41) is 0. The molecular formula is C12H17NO2S2. The van der Waals surface area contributed by atoms with Crippen molar-refractivity contribution in [2.75, 3.05) is 5.75 Å². The second-order valence-electron chi connectivity index (χ2n) is 4.06. The maximum Gasteiger partial charge on any atom is 0.178 e. The zero-order chi connectivity index (χ0) is 13.1. The molecule has 0 radical (unpaired) electrons. The molecule has 17 heavy (non-hydrogen) atoms. The molecule has 0 fully saturated rings. The molecule has 0 aliphatic carbocycles. The van der Waals surface area contributed by atoms with E-state index in [2.05, 4.69) is 0 Å². The van der Waals surface area contributed by atoms with E-state index in [9.17, 15) is 8.42 Å². The summed E-state index contributed by atoms with van der Waals surface area (Å²) in [5.74, 6) is 0.186. The number of sulfone groups is 1. The largest absolute Gasteiger partial charge is 0.393 e. The van der Waals surface area contributed by atoms with Gasteiger partial charge in [-0.1, -0.05) is 38.2 Å². The van der Waals surface area contributed by atoms with E-state index in [0.717, 1.165) is 5.56 Å². The molecular weight excluding hydrogens is 254 g/mol. The molecule has 94 valence electrons. The second kappa shape index (κ2) is 5.60. The van der Waals surface area contributed by atoms with Gasteiger partial charge in [0.1, 0.15) is 0 Å². The smallest absolute Gasteiger partial charge is 0.178 e. The van der Waals surface area contributed by atoms with Gasteiger partial charge >= 0.3 is 0 Å². The molecule has 0 bridgehead atoms. The van der Waals surface area contributed by atoms with Gasteiger partial charge in [0, 0.05) is 5.92 Å². The molecule has 1 unspecified atom stereocenters. The lowest BCUT2D eigenvalue weighted by Gasteiger charge is -2.10. The van der Waals surface area contributed by atoms with Gasteiger partial charge in [-0.2, -0.15) is 0 Å². The summed E-state index contributed by atoms with van der Waals surface area (Å²) >= 11 is 4.91. The van der Waals surface area contributed by atoms with Crippen LogP contribution in [-0.2, 0) is 16.3 Å². The first-order chi connectivity index (χ1) is 7.86. The summed E-state index contributed by atoms with van der Waals surface area (Å²) in [6, 6.07) is 6.97. The molecule has 0 amide bonds. The van der Waals surface area contributed by atoms with Crippen molar-refractivity contribution in [3.63, 3.8) is 0 Å². The lowest BCUT2D eigenvalue weighted by Crippen LogP contribution is -2.20. The first kappa shape index (κ1) is 14.1. The van der Waals surface area contributed by atoms with Crippen LogP contribution < -0.4 is 5.73 Å². The zero-order valence-electron chi connectivity index (χ0n) is 10.0. The first-order valence-electron chi connectivity index (χ1n) is 5.48. The van der Waals surface area contributed by atoms with Crippen molar-refractivity contribution in [3.05, 3.63) is 29.8 Å². The van der Waals surface area contributed by atoms with Gasteiger partial charge < -0.3 is 5.73 Å². The fourth-order valence-corrected chi connectivity index (χ4v) is 2.52. The number of thiocarbonyl (C=S) groups is 1. The van der Waals surface area contributed by atoms with E-state index < -0.39 is 9.84 Å². The lowest BCUT2D eigenvalue weighted by atomic mass is 10.0. The molecule has 2 N–H and O–H groups in total. The van der Waals surface area contributed by atoms with E-state index >= 15 is 0 Å². The van der Waals surface area contributed by atoms with Crippen molar-refractivity contribution >= 4 is 27.0 Å². The van der Waals surface area contributed by atoms with Crippen molar-refractivity contribution < 1.29 is 8.42 Å². The number of nitrogens with two attached hydrogens (primary N) is 1. The molecule has 0 aliphatic rings. The Labute approximate surface area is 108 Å². The molecule has 0 saturated heterocycles. The Hall–Kier alpha value is -0.940. The van der Waals surface area contributed by atoms with E-state index in [4.69, 9.17) is 18.0 Å². The average Bonchev–Trinajstić information content (AvgIpc) is 2.29. The number of rotatable bonds is 5. The number of hydrogen-bond acceptors (Lipinski definition) is 3. The quantitative estimate of drug-likeness (QED) is 0.832. The molecule has 0 saturated carbocycles. The van der Waals surface area contributed by atoms with Gasteiger partial charge in [0.05, 0.1) is 15.6 Å². The Morgan fingerprint density at radius 1 is 1.47 bits per heavy atom. The first-order valence-corrected chi connectivity index (χ1v) is 7.54. The van der Waals surface area contributed by atoms with Crippen LogP contribution in [0.25, 0.3) is 0 Å². The lowest BCUT2D eigenvalue weighted by molar-refractivity contribution is 0.597. The topological polar surface area (TPSA) is 60.2 Å². The van der Waals surface area contributed by atoms with Gasteiger partial charge in [-0.3, -0.25) is 0 Å². The van der Waals surface area contributed by atoms with Crippen LogP contribution in [0.4, 0.5) is 0 Å². The highest BCUT2D eigenvalue weighted by Gasteiger charge is 2.13. The summed E-state index contributed by atoms with van der Waals surface area (Å²) in [7, 11) is -3.14. The Balaban J connectivity index is 2.98. The minimum Gasteiger partial charge on any atom is -0.393 e. The molecule has 1 aromatic carbocycles. The molecule has 0 aliphatic heterocycles. The summed E-state index contributed by atoms with van der Waals surface area (Å²) in [6.45, 7) is 3.57.